The van der Waals surface area contributed by atoms with Crippen LogP contribution in [0.1, 0.15) is 24.2 Å². The Morgan fingerprint density at radius 2 is 1.87 bits per heavy atom. The highest BCUT2D eigenvalue weighted by atomic mass is 16.5. The summed E-state index contributed by atoms with van der Waals surface area (Å²) in [6.45, 7) is 3.39. The molecule has 0 spiro atoms. The first-order valence-electron chi connectivity index (χ1n) is 7.27. The van der Waals surface area contributed by atoms with E-state index in [9.17, 15) is 14.4 Å². The Kier molecular flexibility index (Phi) is 7.05. The summed E-state index contributed by atoms with van der Waals surface area (Å²) < 4.78 is 10.3. The summed E-state index contributed by atoms with van der Waals surface area (Å²) in [6, 6.07) is 6.73. The number of hydrogen-bond donors (Lipinski definition) is 1. The number of benzene rings is 1. The molecule has 0 fully saturated rings. The predicted octanol–water partition coefficient (Wildman–Crippen LogP) is 0.835. The molecule has 0 radical (unpaired) electrons. The van der Waals surface area contributed by atoms with Gasteiger partial charge in [0.1, 0.15) is 12.3 Å². The Morgan fingerprint density at radius 3 is 2.48 bits per heavy atom. The van der Waals surface area contributed by atoms with Crippen molar-refractivity contribution >= 4 is 17.8 Å². The molecule has 23 heavy (non-hydrogen) atoms. The first kappa shape index (κ1) is 18.5. The molecule has 1 atom stereocenters. The summed E-state index contributed by atoms with van der Waals surface area (Å²) >= 11 is 0. The largest absolute Gasteiger partial charge is 0.493 e. The number of carbonyl (C=O) groups is 3. The number of esters is 1. The van der Waals surface area contributed by atoms with E-state index in [-0.39, 0.29) is 12.5 Å². The van der Waals surface area contributed by atoms with Crippen molar-refractivity contribution in [2.45, 2.75) is 20.0 Å². The smallest absolute Gasteiger partial charge is 0.326 e. The van der Waals surface area contributed by atoms with Crippen LogP contribution in [-0.4, -0.2) is 56.0 Å². The van der Waals surface area contributed by atoms with Crippen molar-refractivity contribution in [3.63, 3.8) is 0 Å². The van der Waals surface area contributed by atoms with E-state index in [1.54, 1.807) is 38.4 Å². The van der Waals surface area contributed by atoms with Crippen molar-refractivity contribution in [3.8, 4) is 5.75 Å². The van der Waals surface area contributed by atoms with Crippen LogP contribution in [0, 0.1) is 0 Å². The maximum atomic E-state index is 12.1. The van der Waals surface area contributed by atoms with Gasteiger partial charge in [0.2, 0.25) is 0 Å². The van der Waals surface area contributed by atoms with Crippen LogP contribution >= 0.6 is 0 Å². The summed E-state index contributed by atoms with van der Waals surface area (Å²) in [4.78, 5) is 36.7. The highest BCUT2D eigenvalue weighted by molar-refractivity contribution is 5.98. The lowest BCUT2D eigenvalue weighted by atomic mass is 10.2. The first-order valence-corrected chi connectivity index (χ1v) is 7.27. The van der Waals surface area contributed by atoms with Crippen LogP contribution in [0.4, 0.5) is 0 Å². The minimum Gasteiger partial charge on any atom is -0.493 e. The van der Waals surface area contributed by atoms with E-state index in [4.69, 9.17) is 9.47 Å². The third-order valence-electron chi connectivity index (χ3n) is 2.92. The zero-order chi connectivity index (χ0) is 17.4. The molecule has 1 rings (SSSR count). The van der Waals surface area contributed by atoms with Gasteiger partial charge < -0.3 is 19.7 Å². The Hall–Kier alpha value is -2.57. The summed E-state index contributed by atoms with van der Waals surface area (Å²) in [7, 11) is 3.14. The molecule has 0 bridgehead atoms. The quantitative estimate of drug-likeness (QED) is 0.752. The predicted molar refractivity (Wildman–Crippen MR) is 84.2 cm³/mol. The lowest BCUT2D eigenvalue weighted by molar-refractivity contribution is -0.157. The second-order valence-electron chi connectivity index (χ2n) is 4.98. The SMILES string of the molecule is CCOc1ccccc1C(=O)NCC(=O)O[C@@H](C)C(=O)N(C)C. The number of ether oxygens (including phenoxy) is 2. The van der Waals surface area contributed by atoms with Crippen molar-refractivity contribution in [3.05, 3.63) is 29.8 Å². The molecule has 0 aromatic heterocycles. The lowest BCUT2D eigenvalue weighted by Gasteiger charge is -2.17. The minimum absolute atomic E-state index is 0.327. The molecule has 7 heteroatoms. The van der Waals surface area contributed by atoms with Gasteiger partial charge in [-0.2, -0.15) is 0 Å². The van der Waals surface area contributed by atoms with E-state index in [1.807, 2.05) is 6.92 Å². The summed E-state index contributed by atoms with van der Waals surface area (Å²) in [5.41, 5.74) is 0.333. The normalized spacial score (nSPS) is 11.3. The maximum Gasteiger partial charge on any atom is 0.326 e. The molecule has 1 aromatic rings. The van der Waals surface area contributed by atoms with Gasteiger partial charge in [0.25, 0.3) is 11.8 Å². The third kappa shape index (κ3) is 5.61. The first-order chi connectivity index (χ1) is 10.9. The van der Waals surface area contributed by atoms with Crippen LogP contribution < -0.4 is 10.1 Å². The molecule has 0 aliphatic carbocycles. The molecule has 2 amide bonds. The van der Waals surface area contributed by atoms with Crippen LogP contribution in [0.3, 0.4) is 0 Å². The number of nitrogens with one attached hydrogen (secondary N) is 1. The molecule has 126 valence electrons. The Bertz CT molecular complexity index is 571. The van der Waals surface area contributed by atoms with E-state index in [1.165, 1.54) is 11.8 Å². The average Bonchev–Trinajstić information content (AvgIpc) is 2.52. The zero-order valence-electron chi connectivity index (χ0n) is 13.8. The van der Waals surface area contributed by atoms with Crippen molar-refractivity contribution < 1.29 is 23.9 Å². The summed E-state index contributed by atoms with van der Waals surface area (Å²) in [5.74, 6) is -1.02. The Morgan fingerprint density at radius 1 is 1.22 bits per heavy atom. The van der Waals surface area contributed by atoms with Crippen LogP contribution in [0.25, 0.3) is 0 Å². The molecule has 0 heterocycles. The Balaban J connectivity index is 2.56. The number of rotatable bonds is 7. The third-order valence-corrected chi connectivity index (χ3v) is 2.92. The molecule has 7 nitrogen and oxygen atoms in total. The van der Waals surface area contributed by atoms with Gasteiger partial charge in [0.15, 0.2) is 6.10 Å². The van der Waals surface area contributed by atoms with E-state index in [0.717, 1.165) is 0 Å². The van der Waals surface area contributed by atoms with Crippen LogP contribution in [0.15, 0.2) is 24.3 Å². The molecule has 1 aromatic carbocycles. The number of likely N-dealkylation sites (N-methyl/N-ethyl adjacent to an activating group) is 1. The van der Waals surface area contributed by atoms with E-state index < -0.39 is 18.0 Å². The maximum absolute atomic E-state index is 12.1. The highest BCUT2D eigenvalue weighted by Gasteiger charge is 2.20. The van der Waals surface area contributed by atoms with Gasteiger partial charge in [0.05, 0.1) is 12.2 Å². The van der Waals surface area contributed by atoms with Gasteiger partial charge in [-0.1, -0.05) is 12.1 Å². The second-order valence-corrected chi connectivity index (χ2v) is 4.98. The zero-order valence-corrected chi connectivity index (χ0v) is 13.8. The van der Waals surface area contributed by atoms with E-state index in [2.05, 4.69) is 5.32 Å². The topological polar surface area (TPSA) is 84.9 Å². The van der Waals surface area contributed by atoms with E-state index in [0.29, 0.717) is 17.9 Å². The fourth-order valence-electron chi connectivity index (χ4n) is 1.84. The Labute approximate surface area is 135 Å². The molecular weight excluding hydrogens is 300 g/mol. The van der Waals surface area contributed by atoms with Gasteiger partial charge >= 0.3 is 5.97 Å². The average molecular weight is 322 g/mol. The molecular formula is C16H22N2O5. The number of hydrogen-bond acceptors (Lipinski definition) is 5. The van der Waals surface area contributed by atoms with Crippen molar-refractivity contribution in [2.75, 3.05) is 27.2 Å². The fourth-order valence-corrected chi connectivity index (χ4v) is 1.84. The van der Waals surface area contributed by atoms with E-state index >= 15 is 0 Å². The second kappa shape index (κ2) is 8.77. The highest BCUT2D eigenvalue weighted by Crippen LogP contribution is 2.17. The van der Waals surface area contributed by atoms with Crippen molar-refractivity contribution in [2.24, 2.45) is 0 Å². The minimum atomic E-state index is -0.898. The standard InChI is InChI=1S/C16H22N2O5/c1-5-22-13-9-7-6-8-12(13)15(20)17-10-14(19)23-11(2)16(21)18(3)4/h6-9,11H,5,10H2,1-4H3,(H,17,20)/t11-/m0/s1. The number of carbonyl (C=O) groups excluding carboxylic acids is 3. The van der Waals surface area contributed by atoms with Crippen LogP contribution in [0.2, 0.25) is 0 Å². The number of amides is 2. The van der Waals surface area contributed by atoms with Gasteiger partial charge in [-0.25, -0.2) is 0 Å². The molecule has 0 aliphatic rings. The van der Waals surface area contributed by atoms with Crippen LogP contribution in [0.5, 0.6) is 5.75 Å². The van der Waals surface area contributed by atoms with Crippen LogP contribution in [-0.2, 0) is 14.3 Å². The van der Waals surface area contributed by atoms with Crippen molar-refractivity contribution in [1.29, 1.82) is 0 Å². The monoisotopic (exact) mass is 322 g/mol. The lowest BCUT2D eigenvalue weighted by Crippen LogP contribution is -2.38. The van der Waals surface area contributed by atoms with Gasteiger partial charge in [-0.15, -0.1) is 0 Å². The number of nitrogens with zero attached hydrogens (tertiary/aromatic N) is 1. The van der Waals surface area contributed by atoms with Gasteiger partial charge in [0, 0.05) is 14.1 Å². The van der Waals surface area contributed by atoms with Crippen molar-refractivity contribution in [1.82, 2.24) is 10.2 Å². The molecule has 0 aliphatic heterocycles. The molecule has 0 unspecified atom stereocenters. The molecule has 0 saturated heterocycles. The number of para-hydroxylation sites is 1. The summed E-state index contributed by atoms with van der Waals surface area (Å²) in [6.07, 6.45) is -0.898. The summed E-state index contributed by atoms with van der Waals surface area (Å²) in [5, 5.41) is 2.45. The van der Waals surface area contributed by atoms with Gasteiger partial charge in [-0.05, 0) is 26.0 Å². The molecule has 1 N–H and O–H groups in total. The molecule has 0 saturated carbocycles. The fraction of sp³-hybridized carbons (Fsp3) is 0.438. The van der Waals surface area contributed by atoms with Gasteiger partial charge in [-0.3, -0.25) is 14.4 Å².